The average Bonchev–Trinajstić information content (AvgIpc) is 3.30. The number of carbonyl (C=O) groups excluding carboxylic acids is 1. The topological polar surface area (TPSA) is 140 Å². The SMILES string of the molecule is COc1ccc(OCCOc2ccc(C=C(C#N)C(=O)Nc3nc(S(C)(=O)=O)ns3)cc2)cc1. The van der Waals surface area contributed by atoms with Gasteiger partial charge in [0.05, 0.1) is 7.11 Å². The molecule has 1 heterocycles. The highest BCUT2D eigenvalue weighted by Gasteiger charge is 2.17. The number of carbonyl (C=O) groups is 1. The van der Waals surface area contributed by atoms with Crippen LogP contribution in [-0.4, -0.2) is 50.3 Å². The van der Waals surface area contributed by atoms with Crippen LogP contribution < -0.4 is 19.5 Å². The van der Waals surface area contributed by atoms with Gasteiger partial charge < -0.3 is 14.2 Å². The largest absolute Gasteiger partial charge is 0.497 e. The van der Waals surface area contributed by atoms with Crippen molar-refractivity contribution in [1.82, 2.24) is 9.36 Å². The van der Waals surface area contributed by atoms with Crippen molar-refractivity contribution in [2.45, 2.75) is 5.16 Å². The van der Waals surface area contributed by atoms with Crippen molar-refractivity contribution in [1.29, 1.82) is 5.26 Å². The van der Waals surface area contributed by atoms with Gasteiger partial charge in [-0.1, -0.05) is 12.1 Å². The van der Waals surface area contributed by atoms with Crippen molar-refractivity contribution in [2.75, 3.05) is 31.9 Å². The van der Waals surface area contributed by atoms with Crippen LogP contribution in [-0.2, 0) is 14.6 Å². The zero-order valence-electron chi connectivity index (χ0n) is 18.2. The van der Waals surface area contributed by atoms with Crippen molar-refractivity contribution in [3.8, 4) is 23.3 Å². The highest BCUT2D eigenvalue weighted by molar-refractivity contribution is 7.90. The first kappa shape index (κ1) is 24.7. The predicted molar refractivity (Wildman–Crippen MR) is 126 cm³/mol. The van der Waals surface area contributed by atoms with E-state index < -0.39 is 15.7 Å². The molecule has 10 nitrogen and oxygen atoms in total. The van der Waals surface area contributed by atoms with Crippen molar-refractivity contribution >= 4 is 38.5 Å². The lowest BCUT2D eigenvalue weighted by Gasteiger charge is -2.09. The minimum Gasteiger partial charge on any atom is -0.497 e. The van der Waals surface area contributed by atoms with Crippen LogP contribution in [0.4, 0.5) is 5.13 Å². The Hall–Kier alpha value is -3.95. The molecule has 1 amide bonds. The number of anilines is 1. The molecule has 12 heteroatoms. The van der Waals surface area contributed by atoms with Crippen LogP contribution in [0.3, 0.4) is 0 Å². The number of ether oxygens (including phenoxy) is 3. The molecule has 1 aromatic heterocycles. The Kier molecular flexibility index (Phi) is 8.18. The summed E-state index contributed by atoms with van der Waals surface area (Å²) in [5, 5.41) is 11.3. The monoisotopic (exact) mass is 500 g/mol. The molecule has 0 aliphatic heterocycles. The van der Waals surface area contributed by atoms with E-state index in [4.69, 9.17) is 14.2 Å². The van der Waals surface area contributed by atoms with Crippen molar-refractivity contribution in [3.63, 3.8) is 0 Å². The second kappa shape index (κ2) is 11.3. The number of sulfone groups is 1. The van der Waals surface area contributed by atoms with E-state index in [1.165, 1.54) is 6.08 Å². The summed E-state index contributed by atoms with van der Waals surface area (Å²) in [6.45, 7) is 0.670. The molecule has 176 valence electrons. The fourth-order valence-electron chi connectivity index (χ4n) is 2.54. The zero-order chi connectivity index (χ0) is 24.6. The van der Waals surface area contributed by atoms with Gasteiger partial charge in [0.1, 0.15) is 42.1 Å². The minimum atomic E-state index is -3.59. The number of benzene rings is 2. The maximum absolute atomic E-state index is 12.3. The number of hydrogen-bond acceptors (Lipinski definition) is 10. The first-order valence-electron chi connectivity index (χ1n) is 9.75. The Morgan fingerprint density at radius 1 is 1.06 bits per heavy atom. The molecule has 0 saturated carbocycles. The average molecular weight is 501 g/mol. The van der Waals surface area contributed by atoms with Gasteiger partial charge in [0.2, 0.25) is 15.0 Å². The molecular formula is C22H20N4O6S2. The smallest absolute Gasteiger partial charge is 0.268 e. The van der Waals surface area contributed by atoms with Gasteiger partial charge in [-0.25, -0.2) is 8.42 Å². The first-order chi connectivity index (χ1) is 16.3. The van der Waals surface area contributed by atoms with Crippen LogP contribution in [0.15, 0.2) is 59.3 Å². The molecule has 0 aliphatic carbocycles. The molecule has 34 heavy (non-hydrogen) atoms. The van der Waals surface area contributed by atoms with Gasteiger partial charge in [-0.05, 0) is 48.0 Å². The Bertz CT molecular complexity index is 1310. The lowest BCUT2D eigenvalue weighted by molar-refractivity contribution is -0.112. The summed E-state index contributed by atoms with van der Waals surface area (Å²) >= 11 is 0.709. The van der Waals surface area contributed by atoms with Crippen molar-refractivity contribution < 1.29 is 27.4 Å². The van der Waals surface area contributed by atoms with E-state index in [0.29, 0.717) is 41.8 Å². The minimum absolute atomic E-state index is 0.0211. The van der Waals surface area contributed by atoms with Crippen molar-refractivity contribution in [2.24, 2.45) is 0 Å². The molecule has 0 aliphatic rings. The first-order valence-corrected chi connectivity index (χ1v) is 12.4. The molecule has 0 atom stereocenters. The van der Waals surface area contributed by atoms with E-state index in [1.54, 1.807) is 55.6 Å². The van der Waals surface area contributed by atoms with E-state index in [2.05, 4.69) is 14.7 Å². The molecule has 0 unspecified atom stereocenters. The van der Waals surface area contributed by atoms with Gasteiger partial charge in [0.25, 0.3) is 11.1 Å². The van der Waals surface area contributed by atoms with E-state index >= 15 is 0 Å². The quantitative estimate of drug-likeness (QED) is 0.253. The van der Waals surface area contributed by atoms with Gasteiger partial charge in [-0.3, -0.25) is 10.1 Å². The maximum atomic E-state index is 12.3. The molecule has 3 rings (SSSR count). The third kappa shape index (κ3) is 7.03. The molecule has 0 fully saturated rings. The van der Waals surface area contributed by atoms with Crippen LogP contribution >= 0.6 is 11.5 Å². The molecule has 1 N–H and O–H groups in total. The summed E-state index contributed by atoms with van der Waals surface area (Å²) in [7, 11) is -1.99. The summed E-state index contributed by atoms with van der Waals surface area (Å²) < 4.78 is 42.9. The van der Waals surface area contributed by atoms with Crippen LogP contribution in [0, 0.1) is 11.3 Å². The number of hydrogen-bond donors (Lipinski definition) is 1. The second-order valence-corrected chi connectivity index (χ2v) is 9.38. The van der Waals surface area contributed by atoms with E-state index in [0.717, 1.165) is 12.0 Å². The van der Waals surface area contributed by atoms with Gasteiger partial charge in [0.15, 0.2) is 0 Å². The fourth-order valence-corrected chi connectivity index (χ4v) is 3.98. The second-order valence-electron chi connectivity index (χ2n) is 6.72. The van der Waals surface area contributed by atoms with Gasteiger partial charge in [-0.15, -0.1) is 0 Å². The molecule has 0 radical (unpaired) electrons. The number of amides is 1. The van der Waals surface area contributed by atoms with E-state index in [9.17, 15) is 18.5 Å². The van der Waals surface area contributed by atoms with Crippen LogP contribution in [0.5, 0.6) is 17.2 Å². The lowest BCUT2D eigenvalue weighted by Crippen LogP contribution is -2.13. The van der Waals surface area contributed by atoms with Crippen LogP contribution in [0.25, 0.3) is 6.08 Å². The maximum Gasteiger partial charge on any atom is 0.268 e. The standard InChI is InChI=1S/C22H20N4O6S2/c1-30-17-7-9-19(10-8-17)32-12-11-31-18-5-3-15(4-6-18)13-16(14-23)20(27)24-21-25-22(26-33-21)34(2,28)29/h3-10,13H,11-12H2,1-2H3,(H,24,25,26,27). The number of methoxy groups -OCH3 is 1. The highest BCUT2D eigenvalue weighted by Crippen LogP contribution is 2.19. The number of rotatable bonds is 10. The number of nitriles is 1. The fraction of sp³-hybridized carbons (Fsp3) is 0.182. The van der Waals surface area contributed by atoms with Crippen LogP contribution in [0.1, 0.15) is 5.56 Å². The molecular weight excluding hydrogens is 480 g/mol. The molecule has 0 bridgehead atoms. The molecule has 0 spiro atoms. The Labute approximate surface area is 200 Å². The number of nitrogens with one attached hydrogen (secondary N) is 1. The Balaban J connectivity index is 1.52. The molecule has 3 aromatic rings. The number of nitrogens with zero attached hydrogens (tertiary/aromatic N) is 3. The predicted octanol–water partition coefficient (Wildman–Crippen LogP) is 2.95. The normalized spacial score (nSPS) is 11.4. The molecule has 0 saturated heterocycles. The Morgan fingerprint density at radius 2 is 1.62 bits per heavy atom. The summed E-state index contributed by atoms with van der Waals surface area (Å²) in [6, 6.07) is 15.8. The van der Waals surface area contributed by atoms with E-state index in [-0.39, 0.29) is 15.9 Å². The number of aromatic nitrogens is 2. The zero-order valence-corrected chi connectivity index (χ0v) is 19.9. The Morgan fingerprint density at radius 3 is 2.12 bits per heavy atom. The third-order valence-electron chi connectivity index (χ3n) is 4.20. The van der Waals surface area contributed by atoms with Gasteiger partial charge in [0, 0.05) is 17.8 Å². The lowest BCUT2D eigenvalue weighted by atomic mass is 10.1. The highest BCUT2D eigenvalue weighted by atomic mass is 32.2. The van der Waals surface area contributed by atoms with Gasteiger partial charge in [-0.2, -0.15) is 14.6 Å². The van der Waals surface area contributed by atoms with Crippen LogP contribution in [0.2, 0.25) is 0 Å². The van der Waals surface area contributed by atoms with E-state index in [1.807, 2.05) is 6.07 Å². The van der Waals surface area contributed by atoms with Gasteiger partial charge >= 0.3 is 0 Å². The summed E-state index contributed by atoms with van der Waals surface area (Å²) in [5.41, 5.74) is 0.417. The third-order valence-corrected chi connectivity index (χ3v) is 5.79. The molecule has 2 aromatic carbocycles. The summed E-state index contributed by atoms with van der Waals surface area (Å²) in [6.07, 6.45) is 2.35. The summed E-state index contributed by atoms with van der Waals surface area (Å²) in [5.74, 6) is 1.32. The summed E-state index contributed by atoms with van der Waals surface area (Å²) in [4.78, 5) is 16.1. The van der Waals surface area contributed by atoms with Crippen molar-refractivity contribution in [3.05, 3.63) is 59.7 Å².